The molecule has 0 aromatic heterocycles. The average Bonchev–Trinajstić information content (AvgIpc) is 2.29. The van der Waals surface area contributed by atoms with Crippen LogP contribution in [0.1, 0.15) is 46.5 Å². The lowest BCUT2D eigenvalue weighted by Gasteiger charge is -2.33. The van der Waals surface area contributed by atoms with Gasteiger partial charge < -0.3 is 10.0 Å². The van der Waals surface area contributed by atoms with E-state index in [9.17, 15) is 9.59 Å². The summed E-state index contributed by atoms with van der Waals surface area (Å²) < 4.78 is 0. The van der Waals surface area contributed by atoms with Crippen molar-refractivity contribution in [1.82, 2.24) is 9.96 Å². The molecule has 0 fully saturated rings. The van der Waals surface area contributed by atoms with Crippen LogP contribution in [0, 0.1) is 0 Å². The Morgan fingerprint density at radius 1 is 1.16 bits per heavy atom. The van der Waals surface area contributed by atoms with E-state index in [0.29, 0.717) is 13.0 Å². The lowest BCUT2D eigenvalue weighted by molar-refractivity contribution is -0.168. The standard InChI is InChI=1S/C13H26N2O4/c1-13(2,3)15(12(17)18)10-8-6-7-9-11(16)14(4)19-5/h6-10H2,1-5H3,(H,17,18). The normalized spacial score (nSPS) is 11.2. The third-order valence-electron chi connectivity index (χ3n) is 2.94. The Balaban J connectivity index is 3.91. The molecule has 0 aromatic carbocycles. The molecule has 0 heterocycles. The molecule has 0 unspecified atom stereocenters. The smallest absolute Gasteiger partial charge is 0.407 e. The highest BCUT2D eigenvalue weighted by atomic mass is 16.7. The van der Waals surface area contributed by atoms with Gasteiger partial charge in [0, 0.05) is 25.6 Å². The fourth-order valence-corrected chi connectivity index (χ4v) is 1.70. The largest absolute Gasteiger partial charge is 0.465 e. The summed E-state index contributed by atoms with van der Waals surface area (Å²) in [6.07, 6.45) is 1.84. The van der Waals surface area contributed by atoms with E-state index in [-0.39, 0.29) is 5.91 Å². The van der Waals surface area contributed by atoms with Gasteiger partial charge in [-0.1, -0.05) is 6.42 Å². The molecule has 2 amide bonds. The number of hydroxylamine groups is 2. The van der Waals surface area contributed by atoms with Crippen molar-refractivity contribution in [1.29, 1.82) is 0 Å². The lowest BCUT2D eigenvalue weighted by atomic mass is 10.1. The number of carbonyl (C=O) groups is 2. The van der Waals surface area contributed by atoms with E-state index in [4.69, 9.17) is 9.94 Å². The summed E-state index contributed by atoms with van der Waals surface area (Å²) in [5.41, 5.74) is -0.391. The van der Waals surface area contributed by atoms with Gasteiger partial charge in [0.25, 0.3) is 0 Å². The van der Waals surface area contributed by atoms with Crippen LogP contribution in [0.3, 0.4) is 0 Å². The number of unbranched alkanes of at least 4 members (excludes halogenated alkanes) is 2. The summed E-state index contributed by atoms with van der Waals surface area (Å²) in [5, 5.41) is 10.3. The maximum Gasteiger partial charge on any atom is 0.407 e. The molecule has 0 saturated carbocycles. The molecule has 0 aliphatic rings. The minimum absolute atomic E-state index is 0.0617. The van der Waals surface area contributed by atoms with Gasteiger partial charge in [0.2, 0.25) is 5.91 Å². The Morgan fingerprint density at radius 3 is 2.16 bits per heavy atom. The summed E-state index contributed by atoms with van der Waals surface area (Å²) in [6, 6.07) is 0. The van der Waals surface area contributed by atoms with Crippen molar-refractivity contribution in [3.8, 4) is 0 Å². The number of hydrogen-bond donors (Lipinski definition) is 1. The van der Waals surface area contributed by atoms with E-state index < -0.39 is 11.6 Å². The second-order valence-electron chi connectivity index (χ2n) is 5.49. The van der Waals surface area contributed by atoms with Gasteiger partial charge in [-0.3, -0.25) is 9.63 Å². The summed E-state index contributed by atoms with van der Waals surface area (Å²) in [5.74, 6) is -0.0617. The van der Waals surface area contributed by atoms with E-state index in [0.717, 1.165) is 19.3 Å². The van der Waals surface area contributed by atoms with Crippen molar-refractivity contribution in [2.24, 2.45) is 0 Å². The fraction of sp³-hybridized carbons (Fsp3) is 0.846. The molecule has 0 saturated heterocycles. The van der Waals surface area contributed by atoms with Crippen LogP contribution in [0.5, 0.6) is 0 Å². The van der Waals surface area contributed by atoms with Crippen LogP contribution in [0.15, 0.2) is 0 Å². The van der Waals surface area contributed by atoms with Crippen molar-refractivity contribution < 1.29 is 19.5 Å². The first-order valence-electron chi connectivity index (χ1n) is 6.51. The second kappa shape index (κ2) is 7.99. The van der Waals surface area contributed by atoms with Gasteiger partial charge in [-0.25, -0.2) is 9.86 Å². The minimum atomic E-state index is -0.900. The first-order valence-corrected chi connectivity index (χ1v) is 6.51. The van der Waals surface area contributed by atoms with Crippen LogP contribution in [-0.4, -0.2) is 53.3 Å². The third kappa shape index (κ3) is 7.00. The fourth-order valence-electron chi connectivity index (χ4n) is 1.70. The molecule has 0 aliphatic heterocycles. The van der Waals surface area contributed by atoms with Crippen LogP contribution in [0.2, 0.25) is 0 Å². The number of hydrogen-bond acceptors (Lipinski definition) is 3. The highest BCUT2D eigenvalue weighted by molar-refractivity contribution is 5.74. The zero-order chi connectivity index (χ0) is 15.1. The van der Waals surface area contributed by atoms with Crippen LogP contribution in [-0.2, 0) is 9.63 Å². The maximum absolute atomic E-state index is 11.4. The molecule has 19 heavy (non-hydrogen) atoms. The number of carboxylic acid groups (broad SMARTS) is 1. The second-order valence-corrected chi connectivity index (χ2v) is 5.49. The van der Waals surface area contributed by atoms with Gasteiger partial charge in [-0.2, -0.15) is 0 Å². The van der Waals surface area contributed by atoms with Crippen molar-refractivity contribution in [2.75, 3.05) is 20.7 Å². The van der Waals surface area contributed by atoms with Gasteiger partial charge >= 0.3 is 6.09 Å². The average molecular weight is 274 g/mol. The molecule has 0 aromatic rings. The molecule has 0 rings (SSSR count). The number of amides is 2. The van der Waals surface area contributed by atoms with Crippen LogP contribution >= 0.6 is 0 Å². The van der Waals surface area contributed by atoms with E-state index in [1.165, 1.54) is 17.1 Å². The maximum atomic E-state index is 11.4. The Hall–Kier alpha value is -1.30. The lowest BCUT2D eigenvalue weighted by Crippen LogP contribution is -2.45. The van der Waals surface area contributed by atoms with Gasteiger partial charge in [0.05, 0.1) is 7.11 Å². The molecule has 0 spiro atoms. The van der Waals surface area contributed by atoms with Crippen molar-refractivity contribution in [2.45, 2.75) is 52.0 Å². The molecule has 6 heteroatoms. The molecule has 0 aliphatic carbocycles. The number of rotatable bonds is 7. The zero-order valence-electron chi connectivity index (χ0n) is 12.6. The first-order chi connectivity index (χ1) is 8.70. The first kappa shape index (κ1) is 17.7. The monoisotopic (exact) mass is 274 g/mol. The van der Waals surface area contributed by atoms with Crippen LogP contribution < -0.4 is 0 Å². The molecule has 0 radical (unpaired) electrons. The molecule has 112 valence electrons. The summed E-state index contributed by atoms with van der Waals surface area (Å²) >= 11 is 0. The molecule has 1 N–H and O–H groups in total. The highest BCUT2D eigenvalue weighted by Gasteiger charge is 2.25. The van der Waals surface area contributed by atoms with Crippen LogP contribution in [0.25, 0.3) is 0 Å². The van der Waals surface area contributed by atoms with Crippen molar-refractivity contribution >= 4 is 12.0 Å². The SMILES string of the molecule is CON(C)C(=O)CCCCCN(C(=O)O)C(C)(C)C. The van der Waals surface area contributed by atoms with E-state index in [2.05, 4.69) is 0 Å². The van der Waals surface area contributed by atoms with Gasteiger partial charge in [-0.05, 0) is 33.6 Å². The minimum Gasteiger partial charge on any atom is -0.465 e. The quantitative estimate of drug-likeness (QED) is 0.571. The summed E-state index contributed by atoms with van der Waals surface area (Å²) in [7, 11) is 3.03. The molecule has 0 bridgehead atoms. The van der Waals surface area contributed by atoms with E-state index in [1.54, 1.807) is 7.05 Å². The zero-order valence-corrected chi connectivity index (χ0v) is 12.6. The topological polar surface area (TPSA) is 70.1 Å². The summed E-state index contributed by atoms with van der Waals surface area (Å²) in [4.78, 5) is 28.7. The number of carbonyl (C=O) groups excluding carboxylic acids is 1. The Bertz CT molecular complexity index is 300. The van der Waals surface area contributed by atoms with Crippen molar-refractivity contribution in [3.05, 3.63) is 0 Å². The Kier molecular flexibility index (Phi) is 7.44. The van der Waals surface area contributed by atoms with E-state index >= 15 is 0 Å². The molecule has 6 nitrogen and oxygen atoms in total. The predicted octanol–water partition coefficient (Wildman–Crippen LogP) is 2.35. The van der Waals surface area contributed by atoms with Gasteiger partial charge in [0.15, 0.2) is 0 Å². The van der Waals surface area contributed by atoms with Crippen molar-refractivity contribution in [3.63, 3.8) is 0 Å². The van der Waals surface area contributed by atoms with E-state index in [1.807, 2.05) is 20.8 Å². The predicted molar refractivity (Wildman–Crippen MR) is 72.7 cm³/mol. The molecular formula is C13H26N2O4. The van der Waals surface area contributed by atoms with Gasteiger partial charge in [-0.15, -0.1) is 0 Å². The highest BCUT2D eigenvalue weighted by Crippen LogP contribution is 2.15. The summed E-state index contributed by atoms with van der Waals surface area (Å²) in [6.45, 7) is 6.11. The van der Waals surface area contributed by atoms with Gasteiger partial charge in [0.1, 0.15) is 0 Å². The third-order valence-corrected chi connectivity index (χ3v) is 2.94. The Labute approximate surface area is 115 Å². The van der Waals surface area contributed by atoms with Crippen LogP contribution in [0.4, 0.5) is 4.79 Å². The Morgan fingerprint density at radius 2 is 1.74 bits per heavy atom. The molecule has 0 atom stereocenters. The number of nitrogens with zero attached hydrogens (tertiary/aromatic N) is 2. The molecular weight excluding hydrogens is 248 g/mol.